The van der Waals surface area contributed by atoms with Crippen LogP contribution in [0.1, 0.15) is 38.7 Å². The summed E-state index contributed by atoms with van der Waals surface area (Å²) in [4.78, 5) is 0. The number of aryl methyl sites for hydroxylation is 1. The fourth-order valence-electron chi connectivity index (χ4n) is 2.48. The molecule has 1 aromatic carbocycles. The lowest BCUT2D eigenvalue weighted by atomic mass is 9.92. The number of hydrogen-bond donors (Lipinski definition) is 1. The van der Waals surface area contributed by atoms with Crippen molar-refractivity contribution in [3.05, 3.63) is 28.8 Å². The second-order valence-electron chi connectivity index (χ2n) is 5.71. The highest BCUT2D eigenvalue weighted by Gasteiger charge is 2.30. The quantitative estimate of drug-likeness (QED) is 0.790. The van der Waals surface area contributed by atoms with Gasteiger partial charge in [-0.05, 0) is 49.3 Å². The molecule has 0 radical (unpaired) electrons. The van der Waals surface area contributed by atoms with Gasteiger partial charge in [-0.3, -0.25) is 0 Å². The number of anilines is 1. The van der Waals surface area contributed by atoms with Crippen LogP contribution >= 0.6 is 11.6 Å². The van der Waals surface area contributed by atoms with E-state index in [0.717, 1.165) is 16.3 Å². The van der Waals surface area contributed by atoms with Crippen molar-refractivity contribution in [3.8, 4) is 0 Å². The van der Waals surface area contributed by atoms with Crippen molar-refractivity contribution >= 4 is 17.3 Å². The van der Waals surface area contributed by atoms with Gasteiger partial charge in [0.25, 0.3) is 0 Å². The van der Waals surface area contributed by atoms with Crippen molar-refractivity contribution in [1.82, 2.24) is 0 Å². The lowest BCUT2D eigenvalue weighted by Crippen LogP contribution is -2.17. The third kappa shape index (κ3) is 2.70. The standard InChI is InChI=1S/C14H20ClN/c1-10-4-5-11(8-13(10)15)16-12-6-7-14(2,3)9-12/h4-5,8,12,16H,6-7,9H2,1-3H3. The Hall–Kier alpha value is -0.690. The molecule has 1 N–H and O–H groups in total. The molecule has 1 aliphatic rings. The Morgan fingerprint density at radius 2 is 2.12 bits per heavy atom. The largest absolute Gasteiger partial charge is 0.382 e. The van der Waals surface area contributed by atoms with Crippen LogP contribution in [0.25, 0.3) is 0 Å². The molecule has 0 bridgehead atoms. The number of nitrogens with one attached hydrogen (secondary N) is 1. The minimum absolute atomic E-state index is 0.492. The van der Waals surface area contributed by atoms with Crippen molar-refractivity contribution < 1.29 is 0 Å². The summed E-state index contributed by atoms with van der Waals surface area (Å²) in [6, 6.07) is 6.83. The molecule has 1 saturated carbocycles. The molecule has 1 fully saturated rings. The van der Waals surface area contributed by atoms with Crippen molar-refractivity contribution in [2.45, 2.75) is 46.1 Å². The molecule has 1 aliphatic carbocycles. The van der Waals surface area contributed by atoms with Gasteiger partial charge in [0.2, 0.25) is 0 Å². The summed E-state index contributed by atoms with van der Waals surface area (Å²) in [5, 5.41) is 4.43. The lowest BCUT2D eigenvalue weighted by molar-refractivity contribution is 0.378. The molecule has 0 saturated heterocycles. The van der Waals surface area contributed by atoms with E-state index >= 15 is 0 Å². The normalized spacial score (nSPS) is 23.4. The number of rotatable bonds is 2. The maximum absolute atomic E-state index is 6.12. The van der Waals surface area contributed by atoms with E-state index in [0.29, 0.717) is 11.5 Å². The van der Waals surface area contributed by atoms with Gasteiger partial charge in [0.05, 0.1) is 0 Å². The Balaban J connectivity index is 2.02. The molecule has 1 atom stereocenters. The van der Waals surface area contributed by atoms with Gasteiger partial charge in [0, 0.05) is 16.8 Å². The molecule has 2 heteroatoms. The van der Waals surface area contributed by atoms with E-state index < -0.39 is 0 Å². The molecule has 2 rings (SSSR count). The molecule has 0 amide bonds. The van der Waals surface area contributed by atoms with Crippen molar-refractivity contribution in [2.24, 2.45) is 5.41 Å². The van der Waals surface area contributed by atoms with Gasteiger partial charge >= 0.3 is 0 Å². The summed E-state index contributed by atoms with van der Waals surface area (Å²) in [5.74, 6) is 0. The Morgan fingerprint density at radius 3 is 2.69 bits per heavy atom. The minimum atomic E-state index is 0.492. The van der Waals surface area contributed by atoms with Crippen LogP contribution in [0.3, 0.4) is 0 Å². The average Bonchev–Trinajstić information content (AvgIpc) is 2.52. The maximum Gasteiger partial charge on any atom is 0.0455 e. The van der Waals surface area contributed by atoms with Crippen LogP contribution in [0.15, 0.2) is 18.2 Å². The van der Waals surface area contributed by atoms with Crippen molar-refractivity contribution in [1.29, 1.82) is 0 Å². The van der Waals surface area contributed by atoms with Gasteiger partial charge in [-0.1, -0.05) is 31.5 Å². The van der Waals surface area contributed by atoms with E-state index in [9.17, 15) is 0 Å². The third-order valence-corrected chi connectivity index (χ3v) is 3.92. The Bertz CT molecular complexity index is 384. The highest BCUT2D eigenvalue weighted by Crippen LogP contribution is 2.38. The zero-order valence-electron chi connectivity index (χ0n) is 10.3. The second kappa shape index (κ2) is 4.29. The van der Waals surface area contributed by atoms with Crippen LogP contribution in [0.2, 0.25) is 5.02 Å². The summed E-state index contributed by atoms with van der Waals surface area (Å²) in [6.07, 6.45) is 3.82. The highest BCUT2D eigenvalue weighted by molar-refractivity contribution is 6.31. The summed E-state index contributed by atoms with van der Waals surface area (Å²) in [5.41, 5.74) is 2.78. The first kappa shape index (κ1) is 11.8. The van der Waals surface area contributed by atoms with E-state index in [1.807, 2.05) is 13.0 Å². The first-order chi connectivity index (χ1) is 7.46. The van der Waals surface area contributed by atoms with E-state index in [2.05, 4.69) is 31.3 Å². The van der Waals surface area contributed by atoms with Gasteiger partial charge in [0.1, 0.15) is 0 Å². The molecule has 88 valence electrons. The molecule has 0 spiro atoms. The minimum Gasteiger partial charge on any atom is -0.382 e. The number of hydrogen-bond acceptors (Lipinski definition) is 1. The Labute approximate surface area is 103 Å². The molecular weight excluding hydrogens is 218 g/mol. The van der Waals surface area contributed by atoms with E-state index in [1.54, 1.807) is 0 Å². The highest BCUT2D eigenvalue weighted by atomic mass is 35.5. The van der Waals surface area contributed by atoms with Gasteiger partial charge in [0.15, 0.2) is 0 Å². The summed E-state index contributed by atoms with van der Waals surface area (Å²) >= 11 is 6.12. The monoisotopic (exact) mass is 237 g/mol. The molecule has 1 aromatic rings. The van der Waals surface area contributed by atoms with Gasteiger partial charge in [-0.25, -0.2) is 0 Å². The molecule has 1 unspecified atom stereocenters. The van der Waals surface area contributed by atoms with Crippen LogP contribution in [-0.4, -0.2) is 6.04 Å². The Morgan fingerprint density at radius 1 is 1.38 bits per heavy atom. The van der Waals surface area contributed by atoms with Crippen LogP contribution in [0, 0.1) is 12.3 Å². The first-order valence-electron chi connectivity index (χ1n) is 5.99. The van der Waals surface area contributed by atoms with E-state index in [4.69, 9.17) is 11.6 Å². The van der Waals surface area contributed by atoms with E-state index in [1.165, 1.54) is 19.3 Å². The number of halogens is 1. The smallest absolute Gasteiger partial charge is 0.0455 e. The molecule has 1 nitrogen and oxygen atoms in total. The molecule has 16 heavy (non-hydrogen) atoms. The van der Waals surface area contributed by atoms with Gasteiger partial charge in [-0.2, -0.15) is 0 Å². The van der Waals surface area contributed by atoms with Crippen LogP contribution < -0.4 is 5.32 Å². The Kier molecular flexibility index (Phi) is 3.16. The summed E-state index contributed by atoms with van der Waals surface area (Å²) < 4.78 is 0. The fraction of sp³-hybridized carbons (Fsp3) is 0.571. The average molecular weight is 238 g/mol. The molecule has 0 aliphatic heterocycles. The summed E-state index contributed by atoms with van der Waals surface area (Å²) in [7, 11) is 0. The zero-order valence-corrected chi connectivity index (χ0v) is 11.1. The predicted octanol–water partition coefficient (Wildman–Crippen LogP) is 4.64. The summed E-state index contributed by atoms with van der Waals surface area (Å²) in [6.45, 7) is 6.72. The second-order valence-corrected chi connectivity index (χ2v) is 6.12. The maximum atomic E-state index is 6.12. The van der Waals surface area contributed by atoms with Gasteiger partial charge < -0.3 is 5.32 Å². The lowest BCUT2D eigenvalue weighted by Gasteiger charge is -2.18. The molecular formula is C14H20ClN. The molecule has 0 heterocycles. The topological polar surface area (TPSA) is 12.0 Å². The van der Waals surface area contributed by atoms with E-state index in [-0.39, 0.29) is 0 Å². The van der Waals surface area contributed by atoms with Crippen molar-refractivity contribution in [2.75, 3.05) is 5.32 Å². The van der Waals surface area contributed by atoms with Gasteiger partial charge in [-0.15, -0.1) is 0 Å². The van der Waals surface area contributed by atoms with Crippen molar-refractivity contribution in [3.63, 3.8) is 0 Å². The van der Waals surface area contributed by atoms with Crippen LogP contribution in [-0.2, 0) is 0 Å². The van der Waals surface area contributed by atoms with Crippen LogP contribution in [0.5, 0.6) is 0 Å². The predicted molar refractivity (Wildman–Crippen MR) is 71.2 cm³/mol. The molecule has 0 aromatic heterocycles. The third-order valence-electron chi connectivity index (χ3n) is 3.51. The number of benzene rings is 1. The first-order valence-corrected chi connectivity index (χ1v) is 6.37. The van der Waals surface area contributed by atoms with Crippen LogP contribution in [0.4, 0.5) is 5.69 Å². The fourth-order valence-corrected chi connectivity index (χ4v) is 2.66. The SMILES string of the molecule is Cc1ccc(NC2CCC(C)(C)C2)cc1Cl. The zero-order chi connectivity index (χ0) is 11.8.